The van der Waals surface area contributed by atoms with Gasteiger partial charge >= 0.3 is 0 Å². The van der Waals surface area contributed by atoms with Gasteiger partial charge in [-0.1, -0.05) is 12.1 Å². The summed E-state index contributed by atoms with van der Waals surface area (Å²) in [5.41, 5.74) is -0.221. The van der Waals surface area contributed by atoms with Crippen molar-refractivity contribution >= 4 is 27.2 Å². The zero-order chi connectivity index (χ0) is 23.9. The fourth-order valence-electron chi connectivity index (χ4n) is 3.98. The van der Waals surface area contributed by atoms with Gasteiger partial charge in [-0.2, -0.15) is 4.31 Å². The maximum atomic E-state index is 15.1. The molecule has 2 heterocycles. The van der Waals surface area contributed by atoms with Crippen LogP contribution in [0.25, 0.3) is 22.2 Å². The zero-order valence-corrected chi connectivity index (χ0v) is 18.4. The molecule has 0 N–H and O–H groups in total. The van der Waals surface area contributed by atoms with E-state index < -0.39 is 49.8 Å². The van der Waals surface area contributed by atoms with E-state index in [4.69, 9.17) is 0 Å². The van der Waals surface area contributed by atoms with Gasteiger partial charge in [-0.3, -0.25) is 0 Å². The molecule has 1 aliphatic rings. The third-order valence-electron chi connectivity index (χ3n) is 5.77. The molecule has 0 amide bonds. The summed E-state index contributed by atoms with van der Waals surface area (Å²) >= 11 is 0. The molecule has 0 aliphatic carbocycles. The van der Waals surface area contributed by atoms with Crippen molar-refractivity contribution in [1.29, 1.82) is 0 Å². The fraction of sp³-hybridized carbons (Fsp3) is 0.304. The maximum absolute atomic E-state index is 15.1. The number of halogens is 4. The Balaban J connectivity index is 1.82. The quantitative estimate of drug-likeness (QED) is 0.385. The number of benzene rings is 2. The summed E-state index contributed by atoms with van der Waals surface area (Å²) in [4.78, 5) is 14.1. The normalized spacial score (nSPS) is 17.1. The molecule has 33 heavy (non-hydrogen) atoms. The number of rotatable bonds is 6. The van der Waals surface area contributed by atoms with E-state index in [1.54, 1.807) is 18.2 Å². The topological polar surface area (TPSA) is 67.3 Å². The lowest BCUT2D eigenvalue weighted by molar-refractivity contribution is -0.107. The summed E-state index contributed by atoms with van der Waals surface area (Å²) in [6, 6.07) is 6.16. The Hall–Kier alpha value is -2.85. The number of sulfonamides is 1. The predicted octanol–water partition coefficient (Wildman–Crippen LogP) is 4.49. The Bertz CT molecular complexity index is 1340. The molecule has 1 atom stereocenters. The van der Waals surface area contributed by atoms with Crippen molar-refractivity contribution in [2.45, 2.75) is 37.3 Å². The first-order valence-electron chi connectivity index (χ1n) is 10.3. The van der Waals surface area contributed by atoms with Gasteiger partial charge in [-0.15, -0.1) is 0 Å². The van der Waals surface area contributed by atoms with E-state index in [9.17, 15) is 17.6 Å². The van der Waals surface area contributed by atoms with Gasteiger partial charge in [0.25, 0.3) is 0 Å². The van der Waals surface area contributed by atoms with Crippen molar-refractivity contribution in [2.24, 2.45) is 0 Å². The highest BCUT2D eigenvalue weighted by Crippen LogP contribution is 2.34. The van der Waals surface area contributed by atoms with Crippen molar-refractivity contribution in [3.8, 4) is 11.3 Å². The van der Waals surface area contributed by atoms with E-state index in [-0.39, 0.29) is 37.0 Å². The summed E-state index contributed by atoms with van der Waals surface area (Å²) in [5.74, 6) is -3.53. The van der Waals surface area contributed by atoms with Crippen LogP contribution < -0.4 is 0 Å². The molecule has 1 fully saturated rings. The van der Waals surface area contributed by atoms with Gasteiger partial charge in [0.15, 0.2) is 5.82 Å². The summed E-state index contributed by atoms with van der Waals surface area (Å²) in [5, 5.41) is 0.445. The number of hydrogen-bond acceptors (Lipinski definition) is 4. The van der Waals surface area contributed by atoms with Gasteiger partial charge in [0, 0.05) is 24.9 Å². The van der Waals surface area contributed by atoms with E-state index in [1.165, 1.54) is 6.92 Å². The van der Waals surface area contributed by atoms with E-state index in [0.29, 0.717) is 23.9 Å². The number of aromatic nitrogens is 1. The van der Waals surface area contributed by atoms with E-state index in [2.05, 4.69) is 4.98 Å². The first-order chi connectivity index (χ1) is 15.6. The first kappa shape index (κ1) is 23.3. The molecular formula is C23H20F4N2O3S. The minimum Gasteiger partial charge on any atom is -0.303 e. The lowest BCUT2D eigenvalue weighted by atomic mass is 10.0. The summed E-state index contributed by atoms with van der Waals surface area (Å²) in [7, 11) is -4.31. The van der Waals surface area contributed by atoms with Crippen LogP contribution in [0.15, 0.2) is 35.2 Å². The Labute approximate surface area is 188 Å². The molecule has 10 heteroatoms. The van der Waals surface area contributed by atoms with Gasteiger partial charge in [-0.25, -0.2) is 31.0 Å². The second kappa shape index (κ2) is 8.83. The molecule has 0 radical (unpaired) electrons. The zero-order valence-electron chi connectivity index (χ0n) is 17.6. The number of aryl methyl sites for hydroxylation is 2. The highest BCUT2D eigenvalue weighted by Gasteiger charge is 2.34. The highest BCUT2D eigenvalue weighted by atomic mass is 32.2. The SMILES string of the molecule is Cc1c(F)c(-c2c(F)cc(S(=O)(=O)N3CC[C@H](F)C3)cc2F)nc2cc(CCC=O)ccc12. The van der Waals surface area contributed by atoms with E-state index in [1.807, 2.05) is 0 Å². The number of nitrogens with zero attached hydrogens (tertiary/aromatic N) is 2. The Morgan fingerprint density at radius 1 is 1.15 bits per heavy atom. The second-order valence-electron chi connectivity index (χ2n) is 7.97. The van der Waals surface area contributed by atoms with Crippen LogP contribution >= 0.6 is 0 Å². The van der Waals surface area contributed by atoms with Crippen LogP contribution in [0.5, 0.6) is 0 Å². The number of alkyl halides is 1. The Morgan fingerprint density at radius 2 is 1.85 bits per heavy atom. The van der Waals surface area contributed by atoms with Crippen molar-refractivity contribution in [3.05, 3.63) is 58.9 Å². The highest BCUT2D eigenvalue weighted by molar-refractivity contribution is 7.89. The number of hydrogen-bond donors (Lipinski definition) is 0. The van der Waals surface area contributed by atoms with Gasteiger partial charge in [0.2, 0.25) is 10.0 Å². The molecule has 1 aliphatic heterocycles. The summed E-state index contributed by atoms with van der Waals surface area (Å²) in [6.45, 7) is 0.962. The fourth-order valence-corrected chi connectivity index (χ4v) is 5.49. The van der Waals surface area contributed by atoms with Crippen LogP contribution in [0.1, 0.15) is 24.0 Å². The number of fused-ring (bicyclic) bond motifs is 1. The van der Waals surface area contributed by atoms with Crippen molar-refractivity contribution in [2.75, 3.05) is 13.1 Å². The second-order valence-corrected chi connectivity index (χ2v) is 9.91. The van der Waals surface area contributed by atoms with E-state index in [0.717, 1.165) is 16.2 Å². The molecular weight excluding hydrogens is 460 g/mol. The molecule has 3 aromatic rings. The average Bonchev–Trinajstić information content (AvgIpc) is 3.22. The molecule has 174 valence electrons. The van der Waals surface area contributed by atoms with Gasteiger partial charge < -0.3 is 4.79 Å². The number of carbonyl (C=O) groups is 1. The monoisotopic (exact) mass is 480 g/mol. The molecule has 4 rings (SSSR count). The number of pyridine rings is 1. The predicted molar refractivity (Wildman–Crippen MR) is 114 cm³/mol. The third kappa shape index (κ3) is 4.24. The van der Waals surface area contributed by atoms with Crippen LogP contribution in [-0.2, 0) is 21.2 Å². The van der Waals surface area contributed by atoms with Gasteiger partial charge in [-0.05, 0) is 49.1 Å². The largest absolute Gasteiger partial charge is 0.303 e. The molecule has 5 nitrogen and oxygen atoms in total. The Kier molecular flexibility index (Phi) is 6.24. The number of carbonyl (C=O) groups excluding carboxylic acids is 1. The van der Waals surface area contributed by atoms with Crippen molar-refractivity contribution in [1.82, 2.24) is 9.29 Å². The standard InChI is InChI=1S/C23H20F4N2O3S/c1-13-17-5-4-14(3-2-8-30)9-20(17)28-23(22(13)27)21-18(25)10-16(11-19(21)26)33(31,32)29-7-6-15(24)12-29/h4-5,8-11,15H,2-3,6-7,12H2,1H3/t15-/m0/s1. The average molecular weight is 480 g/mol. The van der Waals surface area contributed by atoms with Gasteiger partial charge in [0.1, 0.15) is 29.8 Å². The minimum absolute atomic E-state index is 0.00259. The summed E-state index contributed by atoms with van der Waals surface area (Å²) < 4.78 is 84.7. The molecule has 0 bridgehead atoms. The van der Waals surface area contributed by atoms with E-state index >= 15 is 13.2 Å². The number of aldehydes is 1. The first-order valence-corrected chi connectivity index (χ1v) is 11.7. The molecule has 0 saturated carbocycles. The summed E-state index contributed by atoms with van der Waals surface area (Å²) in [6.07, 6.45) is 0.123. The molecule has 2 aromatic carbocycles. The van der Waals surface area contributed by atoms with Gasteiger partial charge in [0.05, 0.1) is 16.0 Å². The van der Waals surface area contributed by atoms with Crippen LogP contribution in [0, 0.1) is 24.4 Å². The van der Waals surface area contributed by atoms with Crippen LogP contribution in [0.3, 0.4) is 0 Å². The molecule has 1 aromatic heterocycles. The lowest BCUT2D eigenvalue weighted by Crippen LogP contribution is -2.29. The minimum atomic E-state index is -4.31. The van der Waals surface area contributed by atoms with Crippen LogP contribution in [-0.4, -0.2) is 43.3 Å². The van der Waals surface area contributed by atoms with Crippen molar-refractivity contribution < 1.29 is 30.8 Å². The van der Waals surface area contributed by atoms with Crippen molar-refractivity contribution in [3.63, 3.8) is 0 Å². The lowest BCUT2D eigenvalue weighted by Gasteiger charge is -2.17. The van der Waals surface area contributed by atoms with Crippen LogP contribution in [0.2, 0.25) is 0 Å². The Morgan fingerprint density at radius 3 is 2.45 bits per heavy atom. The molecule has 0 spiro atoms. The van der Waals surface area contributed by atoms with Crippen LogP contribution in [0.4, 0.5) is 17.6 Å². The smallest absolute Gasteiger partial charge is 0.243 e. The maximum Gasteiger partial charge on any atom is 0.243 e. The molecule has 1 saturated heterocycles. The third-order valence-corrected chi connectivity index (χ3v) is 7.61. The molecule has 0 unspecified atom stereocenters.